The monoisotopic (exact) mass is 343 g/mol. The maximum absolute atomic E-state index is 12.1. The first kappa shape index (κ1) is 16.6. The molecule has 1 aliphatic rings. The first-order chi connectivity index (χ1) is 12.0. The largest absolute Gasteiger partial charge is 0.375 e. The number of H-pyrrole nitrogens is 1. The third-order valence-electron chi connectivity index (χ3n) is 4.07. The van der Waals surface area contributed by atoms with Crippen molar-refractivity contribution >= 4 is 23.4 Å². The molecule has 2 heterocycles. The Balaban J connectivity index is 2.00. The number of amides is 1. The van der Waals surface area contributed by atoms with E-state index >= 15 is 0 Å². The number of carbonyl (C=O) groups is 1. The van der Waals surface area contributed by atoms with E-state index in [0.29, 0.717) is 25.9 Å². The van der Waals surface area contributed by atoms with Crippen LogP contribution in [0.1, 0.15) is 18.1 Å². The van der Waals surface area contributed by atoms with E-state index in [4.69, 9.17) is 0 Å². The summed E-state index contributed by atoms with van der Waals surface area (Å²) in [7, 11) is 0. The van der Waals surface area contributed by atoms with Crippen LogP contribution in [0.2, 0.25) is 0 Å². The fourth-order valence-corrected chi connectivity index (χ4v) is 2.95. The lowest BCUT2D eigenvalue weighted by Gasteiger charge is -2.21. The molecule has 3 rings (SSSR count). The fraction of sp³-hybridized carbons (Fsp3) is 0.312. The Morgan fingerprint density at radius 1 is 1.28 bits per heavy atom. The summed E-state index contributed by atoms with van der Waals surface area (Å²) < 4.78 is 0. The Morgan fingerprint density at radius 3 is 2.40 bits per heavy atom. The first-order valence-electron chi connectivity index (χ1n) is 7.83. The van der Waals surface area contributed by atoms with Gasteiger partial charge in [0, 0.05) is 20.0 Å². The Bertz CT molecular complexity index is 865. The van der Waals surface area contributed by atoms with Crippen LogP contribution in [-0.4, -0.2) is 33.9 Å². The smallest absolute Gasteiger partial charge is 0.350 e. The lowest BCUT2D eigenvalue weighted by Crippen LogP contribution is -2.31. The molecule has 0 aliphatic carbocycles. The average Bonchev–Trinajstić information content (AvgIpc) is 2.75. The number of aromatic nitrogens is 2. The average molecular weight is 343 g/mol. The van der Waals surface area contributed by atoms with Gasteiger partial charge in [0.2, 0.25) is 17.7 Å². The second-order valence-electron chi connectivity index (χ2n) is 5.78. The number of carbonyl (C=O) groups excluding carboxylic acids is 1. The van der Waals surface area contributed by atoms with Gasteiger partial charge in [0.25, 0.3) is 0 Å². The van der Waals surface area contributed by atoms with Gasteiger partial charge in [-0.2, -0.15) is 4.98 Å². The van der Waals surface area contributed by atoms with Gasteiger partial charge in [-0.1, -0.05) is 24.3 Å². The number of aromatic amines is 1. The van der Waals surface area contributed by atoms with Gasteiger partial charge < -0.3 is 4.90 Å². The number of hydrogen-bond donors (Lipinski definition) is 2. The van der Waals surface area contributed by atoms with Crippen molar-refractivity contribution in [3.05, 3.63) is 55.9 Å². The van der Waals surface area contributed by atoms with Gasteiger partial charge in [-0.05, 0) is 24.0 Å². The fourth-order valence-electron chi connectivity index (χ4n) is 2.95. The van der Waals surface area contributed by atoms with Crippen LogP contribution in [-0.2, 0) is 17.6 Å². The van der Waals surface area contributed by atoms with E-state index in [-0.39, 0.29) is 11.8 Å². The highest BCUT2D eigenvalue weighted by Gasteiger charge is 2.28. The van der Waals surface area contributed by atoms with E-state index in [9.17, 15) is 19.7 Å². The van der Waals surface area contributed by atoms with E-state index in [0.717, 1.165) is 0 Å². The standard InChI is InChI=1S/C16H17N5O4/c1-10(22)17-16-18-14(13(21(24)25)15(23)19-16)20-8-6-11-4-2-3-5-12(11)7-9-20/h2-5H,6-9H2,1H3,(H2,17,18,19,22,23). The minimum Gasteiger partial charge on any atom is -0.350 e. The molecule has 2 aromatic rings. The molecule has 130 valence electrons. The molecule has 1 aromatic heterocycles. The molecule has 9 nitrogen and oxygen atoms in total. The van der Waals surface area contributed by atoms with Crippen molar-refractivity contribution in [2.75, 3.05) is 23.3 Å². The lowest BCUT2D eigenvalue weighted by atomic mass is 10.0. The van der Waals surface area contributed by atoms with Gasteiger partial charge in [0.15, 0.2) is 0 Å². The predicted molar refractivity (Wildman–Crippen MR) is 91.9 cm³/mol. The molecule has 0 unspecified atom stereocenters. The Morgan fingerprint density at radius 2 is 1.88 bits per heavy atom. The molecule has 0 atom stereocenters. The molecule has 0 saturated carbocycles. The summed E-state index contributed by atoms with van der Waals surface area (Å²) in [6, 6.07) is 7.97. The number of nitrogens with zero attached hydrogens (tertiary/aromatic N) is 3. The molecule has 25 heavy (non-hydrogen) atoms. The molecule has 0 radical (unpaired) electrons. The molecule has 0 saturated heterocycles. The van der Waals surface area contributed by atoms with Crippen molar-refractivity contribution in [1.29, 1.82) is 0 Å². The van der Waals surface area contributed by atoms with Gasteiger partial charge in [-0.3, -0.25) is 30.0 Å². The van der Waals surface area contributed by atoms with Crippen molar-refractivity contribution in [3.63, 3.8) is 0 Å². The number of benzene rings is 1. The first-order valence-corrected chi connectivity index (χ1v) is 7.83. The molecule has 0 spiro atoms. The van der Waals surface area contributed by atoms with Gasteiger partial charge in [-0.15, -0.1) is 0 Å². The molecular formula is C16H17N5O4. The maximum atomic E-state index is 12.1. The molecule has 2 N–H and O–H groups in total. The van der Waals surface area contributed by atoms with Crippen LogP contribution in [0.4, 0.5) is 17.5 Å². The van der Waals surface area contributed by atoms with Crippen LogP contribution in [0.5, 0.6) is 0 Å². The quantitative estimate of drug-likeness (QED) is 0.639. The van der Waals surface area contributed by atoms with Crippen LogP contribution in [0, 0.1) is 10.1 Å². The van der Waals surface area contributed by atoms with Gasteiger partial charge in [-0.25, -0.2) is 0 Å². The van der Waals surface area contributed by atoms with Crippen molar-refractivity contribution in [1.82, 2.24) is 9.97 Å². The summed E-state index contributed by atoms with van der Waals surface area (Å²) in [6.07, 6.45) is 1.38. The maximum Gasteiger partial charge on any atom is 0.375 e. The van der Waals surface area contributed by atoms with Crippen LogP contribution < -0.4 is 15.8 Å². The normalized spacial score (nSPS) is 13.7. The van der Waals surface area contributed by atoms with E-state index in [1.807, 2.05) is 24.3 Å². The number of rotatable bonds is 3. The van der Waals surface area contributed by atoms with E-state index in [1.54, 1.807) is 4.90 Å². The van der Waals surface area contributed by atoms with Gasteiger partial charge in [0.1, 0.15) is 0 Å². The minimum absolute atomic E-state index is 0.0229. The third kappa shape index (κ3) is 3.49. The minimum atomic E-state index is -0.888. The second-order valence-corrected chi connectivity index (χ2v) is 5.78. The molecule has 1 aromatic carbocycles. The van der Waals surface area contributed by atoms with Crippen LogP contribution in [0.25, 0.3) is 0 Å². The Kier molecular flexibility index (Phi) is 4.46. The number of fused-ring (bicyclic) bond motifs is 1. The van der Waals surface area contributed by atoms with Crippen LogP contribution in [0.3, 0.4) is 0 Å². The van der Waals surface area contributed by atoms with Crippen LogP contribution >= 0.6 is 0 Å². The van der Waals surface area contributed by atoms with Gasteiger partial charge >= 0.3 is 11.2 Å². The van der Waals surface area contributed by atoms with Crippen molar-refractivity contribution < 1.29 is 9.72 Å². The topological polar surface area (TPSA) is 121 Å². The Labute approximate surface area is 142 Å². The summed E-state index contributed by atoms with van der Waals surface area (Å²) in [6.45, 7) is 2.26. The van der Waals surface area contributed by atoms with Crippen molar-refractivity contribution in [2.45, 2.75) is 19.8 Å². The molecular weight excluding hydrogens is 326 g/mol. The summed E-state index contributed by atoms with van der Waals surface area (Å²) in [5.74, 6) is -0.545. The number of hydrogen-bond acceptors (Lipinski definition) is 6. The van der Waals surface area contributed by atoms with E-state index in [1.165, 1.54) is 18.1 Å². The van der Waals surface area contributed by atoms with Crippen LogP contribution in [0.15, 0.2) is 29.1 Å². The zero-order valence-corrected chi connectivity index (χ0v) is 13.6. The Hall–Kier alpha value is -3.23. The molecule has 9 heteroatoms. The highest BCUT2D eigenvalue weighted by molar-refractivity contribution is 5.87. The molecule has 1 amide bonds. The number of nitrogens with one attached hydrogen (secondary N) is 2. The highest BCUT2D eigenvalue weighted by Crippen LogP contribution is 2.26. The SMILES string of the molecule is CC(=O)Nc1nc(N2CCc3ccccc3CC2)c([N+](=O)[O-])c(=O)[nH]1. The second kappa shape index (κ2) is 6.71. The number of anilines is 2. The van der Waals surface area contributed by atoms with Crippen molar-refractivity contribution in [2.24, 2.45) is 0 Å². The number of nitro groups is 1. The van der Waals surface area contributed by atoms with E-state index < -0.39 is 22.1 Å². The summed E-state index contributed by atoms with van der Waals surface area (Å²) in [5.41, 5.74) is 0.861. The molecule has 0 fully saturated rings. The molecule has 1 aliphatic heterocycles. The van der Waals surface area contributed by atoms with E-state index in [2.05, 4.69) is 15.3 Å². The lowest BCUT2D eigenvalue weighted by molar-refractivity contribution is -0.385. The summed E-state index contributed by atoms with van der Waals surface area (Å²) in [5, 5.41) is 13.7. The zero-order valence-electron chi connectivity index (χ0n) is 13.6. The summed E-state index contributed by atoms with van der Waals surface area (Å²) in [4.78, 5) is 42.0. The molecule has 0 bridgehead atoms. The van der Waals surface area contributed by atoms with Crippen molar-refractivity contribution in [3.8, 4) is 0 Å². The van der Waals surface area contributed by atoms with Gasteiger partial charge in [0.05, 0.1) is 4.92 Å². The predicted octanol–water partition coefficient (Wildman–Crippen LogP) is 1.24. The highest BCUT2D eigenvalue weighted by atomic mass is 16.6. The third-order valence-corrected chi connectivity index (χ3v) is 4.07. The zero-order chi connectivity index (χ0) is 18.0. The summed E-state index contributed by atoms with van der Waals surface area (Å²) >= 11 is 0.